The first-order valence-corrected chi connectivity index (χ1v) is 20.2. The van der Waals surface area contributed by atoms with E-state index in [9.17, 15) is 24.2 Å². The third-order valence-corrected chi connectivity index (χ3v) is 9.07. The van der Waals surface area contributed by atoms with E-state index in [1.54, 1.807) is 0 Å². The molecule has 11 heteroatoms. The molecular formula is C36H71O10P. The summed E-state index contributed by atoms with van der Waals surface area (Å²) in [4.78, 5) is 34.8. The standard InChI is InChI=1S/C36H71O10P/c1-31(2)23-19-15-11-7-5-9-13-17-21-25-35(39)43-29-34(30-45-47(41,42)44-28-33(38)27-37)46-36(40)26-22-18-14-10-6-8-12-16-20-24-32(3)4/h31-34,37-38H,5-30H2,1-4H3,(H,41,42)/t33-,34+/m0/s1. The van der Waals surface area contributed by atoms with Crippen molar-refractivity contribution >= 4 is 19.8 Å². The van der Waals surface area contributed by atoms with Crippen LogP contribution in [0.3, 0.4) is 0 Å². The molecular weight excluding hydrogens is 623 g/mol. The van der Waals surface area contributed by atoms with E-state index in [0.717, 1.165) is 50.4 Å². The number of rotatable bonds is 34. The van der Waals surface area contributed by atoms with Gasteiger partial charge >= 0.3 is 19.8 Å². The molecule has 1 unspecified atom stereocenters. The van der Waals surface area contributed by atoms with E-state index in [4.69, 9.17) is 19.1 Å². The lowest BCUT2D eigenvalue weighted by atomic mass is 10.0. The number of aliphatic hydroxyl groups excluding tert-OH is 2. The Morgan fingerprint density at radius 2 is 0.957 bits per heavy atom. The van der Waals surface area contributed by atoms with Crippen LogP contribution in [-0.2, 0) is 32.7 Å². The van der Waals surface area contributed by atoms with Crippen LogP contribution in [-0.4, -0.2) is 65.7 Å². The molecule has 0 radical (unpaired) electrons. The number of aliphatic hydroxyl groups is 2. The zero-order valence-electron chi connectivity index (χ0n) is 30.3. The van der Waals surface area contributed by atoms with Crippen LogP contribution in [0.25, 0.3) is 0 Å². The van der Waals surface area contributed by atoms with Crippen LogP contribution < -0.4 is 0 Å². The Morgan fingerprint density at radius 3 is 1.38 bits per heavy atom. The van der Waals surface area contributed by atoms with Crippen LogP contribution in [0.4, 0.5) is 0 Å². The zero-order valence-corrected chi connectivity index (χ0v) is 31.2. The minimum absolute atomic E-state index is 0.188. The Kier molecular flexibility index (Phi) is 30.3. The maximum absolute atomic E-state index is 12.5. The summed E-state index contributed by atoms with van der Waals surface area (Å²) in [5.74, 6) is 0.632. The first-order chi connectivity index (χ1) is 22.4. The molecule has 0 amide bonds. The van der Waals surface area contributed by atoms with Gasteiger partial charge in [0.15, 0.2) is 6.10 Å². The molecule has 0 aromatic carbocycles. The maximum Gasteiger partial charge on any atom is 0.472 e. The van der Waals surface area contributed by atoms with Gasteiger partial charge in [-0.15, -0.1) is 0 Å². The third kappa shape index (κ3) is 33.3. The molecule has 10 nitrogen and oxygen atoms in total. The second-order valence-corrected chi connectivity index (χ2v) is 15.4. The number of esters is 2. The van der Waals surface area contributed by atoms with E-state index in [-0.39, 0.29) is 19.4 Å². The number of unbranched alkanes of at least 4 members (excludes halogenated alkanes) is 16. The van der Waals surface area contributed by atoms with E-state index in [0.29, 0.717) is 12.8 Å². The van der Waals surface area contributed by atoms with Crippen molar-refractivity contribution < 1.29 is 47.8 Å². The Hall–Kier alpha value is -1.03. The van der Waals surface area contributed by atoms with Gasteiger partial charge in [0.25, 0.3) is 0 Å². The third-order valence-electron chi connectivity index (χ3n) is 8.12. The average Bonchev–Trinajstić information content (AvgIpc) is 3.02. The molecule has 47 heavy (non-hydrogen) atoms. The van der Waals surface area contributed by atoms with Crippen LogP contribution in [0.15, 0.2) is 0 Å². The van der Waals surface area contributed by atoms with Crippen molar-refractivity contribution in [2.75, 3.05) is 26.4 Å². The fourth-order valence-electron chi connectivity index (χ4n) is 5.19. The highest BCUT2D eigenvalue weighted by Crippen LogP contribution is 2.43. The Labute approximate surface area is 286 Å². The van der Waals surface area contributed by atoms with Crippen LogP contribution in [0.5, 0.6) is 0 Å². The lowest BCUT2D eigenvalue weighted by molar-refractivity contribution is -0.161. The summed E-state index contributed by atoms with van der Waals surface area (Å²) in [6.45, 7) is 6.96. The summed E-state index contributed by atoms with van der Waals surface area (Å²) in [6, 6.07) is 0. The van der Waals surface area contributed by atoms with Crippen LogP contribution >= 0.6 is 7.82 Å². The van der Waals surface area contributed by atoms with Crippen LogP contribution in [0.1, 0.15) is 169 Å². The average molecular weight is 695 g/mol. The summed E-state index contributed by atoms with van der Waals surface area (Å²) >= 11 is 0. The molecule has 280 valence electrons. The Balaban J connectivity index is 4.37. The molecule has 0 aliphatic heterocycles. The summed E-state index contributed by atoms with van der Waals surface area (Å²) in [6.07, 6.45) is 20.9. The van der Waals surface area contributed by atoms with Gasteiger partial charge in [0.05, 0.1) is 19.8 Å². The number of phosphoric acid groups is 1. The van der Waals surface area contributed by atoms with E-state index in [2.05, 4.69) is 32.2 Å². The van der Waals surface area contributed by atoms with E-state index in [1.807, 2.05) is 0 Å². The SMILES string of the molecule is CC(C)CCCCCCCCCCCC(=O)OC[C@H](COP(=O)(O)OC[C@@H](O)CO)OC(=O)CCCCCCCCCCCC(C)C. The summed E-state index contributed by atoms with van der Waals surface area (Å²) < 4.78 is 32.5. The van der Waals surface area contributed by atoms with Crippen molar-refractivity contribution in [1.29, 1.82) is 0 Å². The highest BCUT2D eigenvalue weighted by molar-refractivity contribution is 7.47. The van der Waals surface area contributed by atoms with Gasteiger partial charge in [-0.25, -0.2) is 4.57 Å². The molecule has 0 rings (SSSR count). The molecule has 0 aromatic heterocycles. The van der Waals surface area contributed by atoms with Crippen molar-refractivity contribution in [2.24, 2.45) is 11.8 Å². The number of hydrogen-bond acceptors (Lipinski definition) is 9. The number of carbonyl (C=O) groups excluding carboxylic acids is 2. The van der Waals surface area contributed by atoms with Gasteiger partial charge in [-0.1, -0.05) is 143 Å². The van der Waals surface area contributed by atoms with E-state index < -0.39 is 51.8 Å². The first kappa shape index (κ1) is 46.0. The molecule has 0 aliphatic carbocycles. The Morgan fingerprint density at radius 1 is 0.574 bits per heavy atom. The van der Waals surface area contributed by atoms with Gasteiger partial charge in [-0.2, -0.15) is 0 Å². The zero-order chi connectivity index (χ0) is 35.2. The number of hydrogen-bond donors (Lipinski definition) is 3. The minimum Gasteiger partial charge on any atom is -0.462 e. The van der Waals surface area contributed by atoms with Gasteiger partial charge < -0.3 is 24.6 Å². The molecule has 0 aliphatic rings. The first-order valence-electron chi connectivity index (χ1n) is 18.7. The quantitative estimate of drug-likeness (QED) is 0.0339. The van der Waals surface area contributed by atoms with Crippen molar-refractivity contribution in [3.05, 3.63) is 0 Å². The predicted octanol–water partition coefficient (Wildman–Crippen LogP) is 8.82. The number of ether oxygens (including phenoxy) is 2. The van der Waals surface area contributed by atoms with E-state index in [1.165, 1.54) is 77.0 Å². The molecule has 0 aromatic rings. The molecule has 0 saturated heterocycles. The highest BCUT2D eigenvalue weighted by atomic mass is 31.2. The summed E-state index contributed by atoms with van der Waals surface area (Å²) in [5.41, 5.74) is 0. The maximum atomic E-state index is 12.5. The second kappa shape index (κ2) is 31.0. The largest absolute Gasteiger partial charge is 0.472 e. The summed E-state index contributed by atoms with van der Waals surface area (Å²) in [7, 11) is -4.60. The smallest absolute Gasteiger partial charge is 0.462 e. The van der Waals surface area contributed by atoms with Gasteiger partial charge in [0.1, 0.15) is 12.7 Å². The molecule has 0 saturated carbocycles. The van der Waals surface area contributed by atoms with Crippen molar-refractivity contribution in [2.45, 2.75) is 181 Å². The molecule has 3 N–H and O–H groups in total. The molecule has 3 atom stereocenters. The van der Waals surface area contributed by atoms with Gasteiger partial charge in [-0.3, -0.25) is 18.6 Å². The fraction of sp³-hybridized carbons (Fsp3) is 0.944. The molecule has 0 fully saturated rings. The molecule has 0 heterocycles. The van der Waals surface area contributed by atoms with Crippen molar-refractivity contribution in [3.8, 4) is 0 Å². The minimum atomic E-state index is -4.60. The van der Waals surface area contributed by atoms with Crippen molar-refractivity contribution in [3.63, 3.8) is 0 Å². The second-order valence-electron chi connectivity index (χ2n) is 13.9. The lowest BCUT2D eigenvalue weighted by Gasteiger charge is -2.20. The van der Waals surface area contributed by atoms with Gasteiger partial charge in [0.2, 0.25) is 0 Å². The van der Waals surface area contributed by atoms with E-state index >= 15 is 0 Å². The van der Waals surface area contributed by atoms with Gasteiger partial charge in [0, 0.05) is 12.8 Å². The lowest BCUT2D eigenvalue weighted by Crippen LogP contribution is -2.29. The fourth-order valence-corrected chi connectivity index (χ4v) is 5.97. The monoisotopic (exact) mass is 694 g/mol. The summed E-state index contributed by atoms with van der Waals surface area (Å²) in [5, 5.41) is 18.2. The van der Waals surface area contributed by atoms with Crippen LogP contribution in [0.2, 0.25) is 0 Å². The topological polar surface area (TPSA) is 149 Å². The Bertz CT molecular complexity index is 792. The molecule has 0 spiro atoms. The van der Waals surface area contributed by atoms with Gasteiger partial charge in [-0.05, 0) is 24.7 Å². The normalized spacial score (nSPS) is 14.3. The van der Waals surface area contributed by atoms with Crippen molar-refractivity contribution in [1.82, 2.24) is 0 Å². The highest BCUT2D eigenvalue weighted by Gasteiger charge is 2.27. The number of carbonyl (C=O) groups is 2. The number of phosphoric ester groups is 1. The predicted molar refractivity (Wildman–Crippen MR) is 187 cm³/mol. The molecule has 0 bridgehead atoms. The van der Waals surface area contributed by atoms with Crippen LogP contribution in [0, 0.1) is 11.8 Å².